The van der Waals surface area contributed by atoms with Crippen molar-refractivity contribution < 1.29 is 8.78 Å². The highest BCUT2D eigenvalue weighted by Crippen LogP contribution is 2.33. The van der Waals surface area contributed by atoms with Crippen molar-refractivity contribution in [1.82, 2.24) is 14.5 Å². The van der Waals surface area contributed by atoms with E-state index in [-0.39, 0.29) is 5.52 Å². The second-order valence-corrected chi connectivity index (χ2v) is 6.98. The first-order valence-electron chi connectivity index (χ1n) is 8.60. The van der Waals surface area contributed by atoms with Crippen LogP contribution in [0.1, 0.15) is 32.1 Å². The zero-order valence-electron chi connectivity index (χ0n) is 13.7. The van der Waals surface area contributed by atoms with Gasteiger partial charge in [0.25, 0.3) is 0 Å². The van der Waals surface area contributed by atoms with Gasteiger partial charge in [0, 0.05) is 12.7 Å². The van der Waals surface area contributed by atoms with Crippen molar-refractivity contribution in [2.24, 2.45) is 5.92 Å². The molecule has 2 heterocycles. The molecule has 3 aromatic rings. The molecule has 1 saturated carbocycles. The monoisotopic (exact) mass is 361 g/mol. The van der Waals surface area contributed by atoms with Crippen molar-refractivity contribution in [3.63, 3.8) is 0 Å². The van der Waals surface area contributed by atoms with Crippen LogP contribution in [-0.4, -0.2) is 14.5 Å². The predicted octanol–water partition coefficient (Wildman–Crippen LogP) is 5.61. The van der Waals surface area contributed by atoms with Crippen molar-refractivity contribution in [3.8, 4) is 11.4 Å². The predicted molar refractivity (Wildman–Crippen MR) is 94.5 cm³/mol. The standard InChI is InChI=1S/C19H18ClF2N3/c20-18-13(7-4-10-23-18)19-24-17-15(9-8-14(21)16(17)22)25(19)11-12-5-2-1-3-6-12/h4,7-10,12H,1-3,5-6,11H2. The number of hydrogen-bond acceptors (Lipinski definition) is 2. The fraction of sp³-hybridized carbons (Fsp3) is 0.368. The lowest BCUT2D eigenvalue weighted by atomic mass is 9.89. The Hall–Kier alpha value is -2.01. The van der Waals surface area contributed by atoms with Crippen LogP contribution in [0.2, 0.25) is 5.15 Å². The van der Waals surface area contributed by atoms with Gasteiger partial charge in [-0.15, -0.1) is 0 Å². The molecule has 4 rings (SSSR count). The molecule has 1 fully saturated rings. The number of halogens is 3. The quantitative estimate of drug-likeness (QED) is 0.567. The highest BCUT2D eigenvalue weighted by Gasteiger charge is 2.22. The Bertz CT molecular complexity index is 916. The first-order valence-corrected chi connectivity index (χ1v) is 8.98. The maximum atomic E-state index is 14.3. The fourth-order valence-corrected chi connectivity index (χ4v) is 3.91. The third-order valence-electron chi connectivity index (χ3n) is 4.98. The van der Waals surface area contributed by atoms with Gasteiger partial charge in [0.05, 0.1) is 11.1 Å². The van der Waals surface area contributed by atoms with Gasteiger partial charge in [0.15, 0.2) is 11.6 Å². The molecule has 0 atom stereocenters. The molecule has 1 aliphatic rings. The average Bonchev–Trinajstić information content (AvgIpc) is 2.98. The minimum absolute atomic E-state index is 0.0470. The van der Waals surface area contributed by atoms with Crippen LogP contribution in [0.5, 0.6) is 0 Å². The lowest BCUT2D eigenvalue weighted by molar-refractivity contribution is 0.323. The first-order chi connectivity index (χ1) is 12.1. The molecule has 3 nitrogen and oxygen atoms in total. The van der Waals surface area contributed by atoms with E-state index >= 15 is 0 Å². The molecule has 0 N–H and O–H groups in total. The van der Waals surface area contributed by atoms with Gasteiger partial charge >= 0.3 is 0 Å². The summed E-state index contributed by atoms with van der Waals surface area (Å²) in [7, 11) is 0. The Morgan fingerprint density at radius 1 is 1.12 bits per heavy atom. The van der Waals surface area contributed by atoms with Crippen LogP contribution in [0.15, 0.2) is 30.5 Å². The molecular formula is C19H18ClF2N3. The second kappa shape index (κ2) is 6.71. The number of imidazole rings is 1. The lowest BCUT2D eigenvalue weighted by Gasteiger charge is -2.23. The fourth-order valence-electron chi connectivity index (χ4n) is 3.71. The Kier molecular flexibility index (Phi) is 4.42. The molecule has 0 saturated heterocycles. The lowest BCUT2D eigenvalue weighted by Crippen LogP contribution is -2.15. The second-order valence-electron chi connectivity index (χ2n) is 6.62. The van der Waals surface area contributed by atoms with Crippen molar-refractivity contribution in [2.45, 2.75) is 38.6 Å². The third-order valence-corrected chi connectivity index (χ3v) is 5.28. The van der Waals surface area contributed by atoms with Crippen molar-refractivity contribution in [2.75, 3.05) is 0 Å². The summed E-state index contributed by atoms with van der Waals surface area (Å²) in [5, 5.41) is 0.309. The van der Waals surface area contributed by atoms with Crippen LogP contribution in [0, 0.1) is 17.6 Å². The molecule has 0 unspecified atom stereocenters. The molecule has 0 bridgehead atoms. The Morgan fingerprint density at radius 3 is 2.68 bits per heavy atom. The van der Waals surface area contributed by atoms with Crippen LogP contribution >= 0.6 is 11.6 Å². The largest absolute Gasteiger partial charge is 0.324 e. The molecule has 0 aliphatic heterocycles. The van der Waals surface area contributed by atoms with Crippen molar-refractivity contribution in [3.05, 3.63) is 47.2 Å². The zero-order chi connectivity index (χ0) is 17.4. The molecule has 0 amide bonds. The van der Waals surface area contributed by atoms with Gasteiger partial charge in [0.1, 0.15) is 16.5 Å². The van der Waals surface area contributed by atoms with E-state index in [2.05, 4.69) is 9.97 Å². The Balaban J connectivity index is 1.89. The molecule has 2 aromatic heterocycles. The van der Waals surface area contributed by atoms with E-state index in [0.29, 0.717) is 28.0 Å². The van der Waals surface area contributed by atoms with E-state index in [1.165, 1.54) is 19.3 Å². The Labute approximate surface area is 149 Å². The normalized spacial score (nSPS) is 15.8. The van der Waals surface area contributed by atoms with Gasteiger partial charge in [-0.2, -0.15) is 0 Å². The summed E-state index contributed by atoms with van der Waals surface area (Å²) < 4.78 is 29.9. The minimum atomic E-state index is -0.916. The molecule has 25 heavy (non-hydrogen) atoms. The van der Waals surface area contributed by atoms with E-state index in [1.54, 1.807) is 18.3 Å². The van der Waals surface area contributed by atoms with Crippen molar-refractivity contribution >= 4 is 22.6 Å². The van der Waals surface area contributed by atoms with E-state index in [9.17, 15) is 8.78 Å². The summed E-state index contributed by atoms with van der Waals surface area (Å²) in [6.07, 6.45) is 7.57. The smallest absolute Gasteiger partial charge is 0.186 e. The summed E-state index contributed by atoms with van der Waals surface area (Å²) in [5.41, 5.74) is 1.28. The number of pyridine rings is 1. The molecule has 0 radical (unpaired) electrons. The summed E-state index contributed by atoms with van der Waals surface area (Å²) >= 11 is 6.24. The van der Waals surface area contributed by atoms with Gasteiger partial charge < -0.3 is 4.57 Å². The van der Waals surface area contributed by atoms with E-state index in [4.69, 9.17) is 11.6 Å². The SMILES string of the molecule is Fc1ccc2c(nc(-c3cccnc3Cl)n2CC2CCCCC2)c1F. The number of aromatic nitrogens is 3. The van der Waals surface area contributed by atoms with E-state index in [1.807, 2.05) is 10.6 Å². The van der Waals surface area contributed by atoms with Crippen LogP contribution in [0.4, 0.5) is 8.78 Å². The summed E-state index contributed by atoms with van der Waals surface area (Å²) in [6, 6.07) is 6.33. The molecule has 0 spiro atoms. The highest BCUT2D eigenvalue weighted by atomic mass is 35.5. The summed E-state index contributed by atoms with van der Waals surface area (Å²) in [5.74, 6) is -0.753. The molecule has 1 aromatic carbocycles. The molecule has 1 aliphatic carbocycles. The summed E-state index contributed by atoms with van der Waals surface area (Å²) in [6.45, 7) is 0.724. The van der Waals surface area contributed by atoms with Gasteiger partial charge in [-0.25, -0.2) is 18.7 Å². The van der Waals surface area contributed by atoms with Crippen LogP contribution < -0.4 is 0 Å². The number of benzene rings is 1. The van der Waals surface area contributed by atoms with Crippen LogP contribution in [-0.2, 0) is 6.54 Å². The number of nitrogens with zero attached hydrogens (tertiary/aromatic N) is 3. The molecule has 6 heteroatoms. The van der Waals surface area contributed by atoms with Crippen molar-refractivity contribution in [1.29, 1.82) is 0 Å². The van der Waals surface area contributed by atoms with E-state index < -0.39 is 11.6 Å². The van der Waals surface area contributed by atoms with Gasteiger partial charge in [-0.05, 0) is 43.0 Å². The zero-order valence-corrected chi connectivity index (χ0v) is 14.4. The van der Waals surface area contributed by atoms with Crippen LogP contribution in [0.25, 0.3) is 22.4 Å². The molecule has 130 valence electrons. The average molecular weight is 362 g/mol. The van der Waals surface area contributed by atoms with Gasteiger partial charge in [-0.3, -0.25) is 0 Å². The van der Waals surface area contributed by atoms with E-state index in [0.717, 1.165) is 25.5 Å². The molecular weight excluding hydrogens is 344 g/mol. The highest BCUT2D eigenvalue weighted by molar-refractivity contribution is 6.32. The number of rotatable bonds is 3. The maximum absolute atomic E-state index is 14.3. The van der Waals surface area contributed by atoms with Crippen LogP contribution in [0.3, 0.4) is 0 Å². The van der Waals surface area contributed by atoms with Gasteiger partial charge in [-0.1, -0.05) is 30.9 Å². The minimum Gasteiger partial charge on any atom is -0.324 e. The number of fused-ring (bicyclic) bond motifs is 1. The topological polar surface area (TPSA) is 30.7 Å². The first kappa shape index (κ1) is 16.5. The third kappa shape index (κ3) is 3.01. The Morgan fingerprint density at radius 2 is 1.92 bits per heavy atom. The number of hydrogen-bond donors (Lipinski definition) is 0. The van der Waals surface area contributed by atoms with Gasteiger partial charge in [0.2, 0.25) is 0 Å². The summed E-state index contributed by atoms with van der Waals surface area (Å²) in [4.78, 5) is 8.49. The maximum Gasteiger partial charge on any atom is 0.186 e.